The molecule has 4 rings (SSSR count). The van der Waals surface area contributed by atoms with Gasteiger partial charge in [0.1, 0.15) is 5.75 Å². The van der Waals surface area contributed by atoms with Crippen molar-refractivity contribution in [2.75, 3.05) is 11.9 Å². The van der Waals surface area contributed by atoms with Crippen LogP contribution in [0.3, 0.4) is 0 Å². The molecule has 2 aliphatic rings. The van der Waals surface area contributed by atoms with Gasteiger partial charge in [-0.05, 0) is 30.2 Å². The number of amides is 1. The summed E-state index contributed by atoms with van der Waals surface area (Å²) in [5.41, 5.74) is 1.11. The van der Waals surface area contributed by atoms with Crippen molar-refractivity contribution in [3.05, 3.63) is 54.1 Å². The van der Waals surface area contributed by atoms with Crippen LogP contribution < -0.4 is 14.8 Å². The Bertz CT molecular complexity index is 1020. The molecule has 0 radical (unpaired) electrons. The average Bonchev–Trinajstić information content (AvgIpc) is 2.70. The largest absolute Gasteiger partial charge is 0.482 e. The van der Waals surface area contributed by atoms with Gasteiger partial charge in [-0.2, -0.15) is 0 Å². The number of carbonyl (C=O) groups excluding carboxylic acids is 1. The molecule has 1 aliphatic heterocycles. The van der Waals surface area contributed by atoms with Crippen molar-refractivity contribution in [2.45, 2.75) is 43.9 Å². The predicted octanol–water partition coefficient (Wildman–Crippen LogP) is 2.68. The maximum absolute atomic E-state index is 12.9. The molecule has 0 spiro atoms. The van der Waals surface area contributed by atoms with Gasteiger partial charge in [0, 0.05) is 11.5 Å². The summed E-state index contributed by atoms with van der Waals surface area (Å²) < 4.78 is 39.8. The fourth-order valence-electron chi connectivity index (χ4n) is 3.62. The van der Waals surface area contributed by atoms with Gasteiger partial charge in [0.2, 0.25) is 10.0 Å². The molecule has 0 saturated heterocycles. The van der Waals surface area contributed by atoms with E-state index in [9.17, 15) is 13.2 Å². The Morgan fingerprint density at radius 2 is 1.97 bits per heavy atom. The van der Waals surface area contributed by atoms with E-state index in [4.69, 9.17) is 9.47 Å². The van der Waals surface area contributed by atoms with E-state index in [-0.39, 0.29) is 35.0 Å². The fourth-order valence-corrected chi connectivity index (χ4v) is 5.05. The maximum Gasteiger partial charge on any atom is 0.262 e. The van der Waals surface area contributed by atoms with Gasteiger partial charge in [-0.1, -0.05) is 44.2 Å². The Kier molecular flexibility index (Phi) is 5.10. The third-order valence-electron chi connectivity index (χ3n) is 5.66. The van der Waals surface area contributed by atoms with Gasteiger partial charge in [0.15, 0.2) is 6.61 Å². The van der Waals surface area contributed by atoms with E-state index < -0.39 is 10.0 Å². The van der Waals surface area contributed by atoms with Crippen LogP contribution in [-0.2, 0) is 26.2 Å². The summed E-state index contributed by atoms with van der Waals surface area (Å²) in [5, 5.41) is 2.63. The summed E-state index contributed by atoms with van der Waals surface area (Å²) in [4.78, 5) is 11.6. The highest BCUT2D eigenvalue weighted by Gasteiger charge is 2.50. The molecule has 8 heteroatoms. The number of carbonyl (C=O) groups is 1. The van der Waals surface area contributed by atoms with Crippen LogP contribution in [-0.4, -0.2) is 33.1 Å². The van der Waals surface area contributed by atoms with Crippen LogP contribution in [0, 0.1) is 5.41 Å². The van der Waals surface area contributed by atoms with Crippen molar-refractivity contribution in [3.63, 3.8) is 0 Å². The average molecular weight is 416 g/mol. The van der Waals surface area contributed by atoms with Gasteiger partial charge in [0.05, 0.1) is 23.3 Å². The Labute approximate surface area is 170 Å². The lowest BCUT2D eigenvalue weighted by Gasteiger charge is -2.51. The number of anilines is 1. The summed E-state index contributed by atoms with van der Waals surface area (Å²) in [6.07, 6.45) is 0.566. The van der Waals surface area contributed by atoms with Crippen molar-refractivity contribution in [3.8, 4) is 5.75 Å². The smallest absolute Gasteiger partial charge is 0.262 e. The number of benzene rings is 2. The SMILES string of the molecule is CC1(C)C(NS(=O)(=O)c2ccc3c(c2)NC(=O)CO3)CC1OCc1ccccc1. The number of sulfonamides is 1. The second-order valence-electron chi connectivity index (χ2n) is 8.01. The molecule has 1 heterocycles. The fraction of sp³-hybridized carbons (Fsp3) is 0.381. The monoisotopic (exact) mass is 416 g/mol. The normalized spacial score (nSPS) is 22.8. The number of hydrogen-bond acceptors (Lipinski definition) is 5. The van der Waals surface area contributed by atoms with Crippen LogP contribution in [0.25, 0.3) is 0 Å². The summed E-state index contributed by atoms with van der Waals surface area (Å²) in [7, 11) is -3.75. The van der Waals surface area contributed by atoms with Crippen LogP contribution in [0.2, 0.25) is 0 Å². The highest BCUT2D eigenvalue weighted by molar-refractivity contribution is 7.89. The van der Waals surface area contributed by atoms with Gasteiger partial charge in [-0.25, -0.2) is 13.1 Å². The number of nitrogens with one attached hydrogen (secondary N) is 2. The molecule has 2 unspecified atom stereocenters. The predicted molar refractivity (Wildman–Crippen MR) is 108 cm³/mol. The number of ether oxygens (including phenoxy) is 2. The first-order chi connectivity index (χ1) is 13.8. The lowest BCUT2D eigenvalue weighted by Crippen LogP contribution is -2.61. The molecular formula is C21H24N2O5S. The minimum absolute atomic E-state index is 0.0355. The van der Waals surface area contributed by atoms with Crippen molar-refractivity contribution in [1.82, 2.24) is 4.72 Å². The quantitative estimate of drug-likeness (QED) is 0.755. The number of fused-ring (bicyclic) bond motifs is 1. The lowest BCUT2D eigenvalue weighted by molar-refractivity contribution is -0.119. The van der Waals surface area contributed by atoms with Gasteiger partial charge < -0.3 is 14.8 Å². The summed E-state index contributed by atoms with van der Waals surface area (Å²) in [6.45, 7) is 4.43. The molecule has 0 bridgehead atoms. The minimum Gasteiger partial charge on any atom is -0.482 e. The van der Waals surface area contributed by atoms with Crippen molar-refractivity contribution in [2.24, 2.45) is 5.41 Å². The minimum atomic E-state index is -3.75. The van der Waals surface area contributed by atoms with Gasteiger partial charge in [0.25, 0.3) is 5.91 Å². The molecule has 2 aromatic carbocycles. The highest BCUT2D eigenvalue weighted by Crippen LogP contribution is 2.44. The van der Waals surface area contributed by atoms with E-state index in [1.807, 2.05) is 44.2 Å². The summed E-state index contributed by atoms with van der Waals surface area (Å²) in [5.74, 6) is 0.153. The molecule has 2 aromatic rings. The topological polar surface area (TPSA) is 93.7 Å². The van der Waals surface area contributed by atoms with Crippen LogP contribution in [0.1, 0.15) is 25.8 Å². The zero-order valence-corrected chi connectivity index (χ0v) is 17.2. The van der Waals surface area contributed by atoms with Crippen LogP contribution in [0.4, 0.5) is 5.69 Å². The van der Waals surface area contributed by atoms with E-state index in [0.29, 0.717) is 24.5 Å². The summed E-state index contributed by atoms with van der Waals surface area (Å²) in [6, 6.07) is 14.1. The Hall–Kier alpha value is -2.42. The molecule has 1 amide bonds. The van der Waals surface area contributed by atoms with Crippen LogP contribution >= 0.6 is 0 Å². The number of rotatable bonds is 6. The maximum atomic E-state index is 12.9. The van der Waals surface area contributed by atoms with E-state index in [1.165, 1.54) is 12.1 Å². The second kappa shape index (κ2) is 7.44. The highest BCUT2D eigenvalue weighted by atomic mass is 32.2. The van der Waals surface area contributed by atoms with Crippen molar-refractivity contribution < 1.29 is 22.7 Å². The summed E-state index contributed by atoms with van der Waals surface area (Å²) >= 11 is 0. The Balaban J connectivity index is 1.41. The second-order valence-corrected chi connectivity index (χ2v) is 9.72. The molecule has 1 fully saturated rings. The van der Waals surface area contributed by atoms with Crippen LogP contribution in [0.15, 0.2) is 53.4 Å². The van der Waals surface area contributed by atoms with E-state index >= 15 is 0 Å². The lowest BCUT2D eigenvalue weighted by atomic mass is 9.65. The first-order valence-electron chi connectivity index (χ1n) is 9.50. The molecule has 1 aliphatic carbocycles. The van der Waals surface area contributed by atoms with Gasteiger partial charge in [-0.15, -0.1) is 0 Å². The number of hydrogen-bond donors (Lipinski definition) is 2. The molecule has 2 N–H and O–H groups in total. The Morgan fingerprint density at radius 1 is 1.21 bits per heavy atom. The Morgan fingerprint density at radius 3 is 2.69 bits per heavy atom. The van der Waals surface area contributed by atoms with E-state index in [1.54, 1.807) is 6.07 Å². The molecular weight excluding hydrogens is 392 g/mol. The molecule has 0 aromatic heterocycles. The third kappa shape index (κ3) is 4.01. The molecule has 154 valence electrons. The zero-order chi connectivity index (χ0) is 20.6. The van der Waals surface area contributed by atoms with Gasteiger partial charge >= 0.3 is 0 Å². The van der Waals surface area contributed by atoms with Crippen LogP contribution in [0.5, 0.6) is 5.75 Å². The molecule has 7 nitrogen and oxygen atoms in total. The van der Waals surface area contributed by atoms with Crippen molar-refractivity contribution >= 4 is 21.6 Å². The van der Waals surface area contributed by atoms with E-state index in [2.05, 4.69) is 10.0 Å². The zero-order valence-electron chi connectivity index (χ0n) is 16.3. The first-order valence-corrected chi connectivity index (χ1v) is 11.0. The standard InChI is InChI=1S/C21H24N2O5S/c1-21(2)18(11-19(21)28-12-14-6-4-3-5-7-14)23-29(25,26)15-8-9-17-16(10-15)22-20(24)13-27-17/h3-10,18-19,23H,11-13H2,1-2H3,(H,22,24). The third-order valence-corrected chi connectivity index (χ3v) is 7.13. The van der Waals surface area contributed by atoms with Crippen molar-refractivity contribution in [1.29, 1.82) is 0 Å². The van der Waals surface area contributed by atoms with Gasteiger partial charge in [-0.3, -0.25) is 4.79 Å². The first kappa shape index (κ1) is 19.9. The molecule has 29 heavy (non-hydrogen) atoms. The molecule has 2 atom stereocenters. The molecule has 1 saturated carbocycles. The van der Waals surface area contributed by atoms with E-state index in [0.717, 1.165) is 5.56 Å².